The molecular weight excluding hydrogens is 288 g/mol. The van der Waals surface area contributed by atoms with E-state index in [-0.39, 0.29) is 17.5 Å². The Labute approximate surface area is 107 Å². The lowest BCUT2D eigenvalue weighted by Gasteiger charge is -2.07. The predicted octanol–water partition coefficient (Wildman–Crippen LogP) is 3.17. The van der Waals surface area contributed by atoms with E-state index in [1.807, 2.05) is 26.0 Å². The molecule has 0 radical (unpaired) electrons. The minimum absolute atomic E-state index is 0.00361. The van der Waals surface area contributed by atoms with Gasteiger partial charge >= 0.3 is 0 Å². The van der Waals surface area contributed by atoms with E-state index in [9.17, 15) is 9.00 Å². The third-order valence-electron chi connectivity index (χ3n) is 2.49. The van der Waals surface area contributed by atoms with Gasteiger partial charge in [0.1, 0.15) is 5.78 Å². The maximum Gasteiger partial charge on any atom is 0.148 e. The summed E-state index contributed by atoms with van der Waals surface area (Å²) in [5.41, 5.74) is 0. The van der Waals surface area contributed by atoms with Gasteiger partial charge in [-0.1, -0.05) is 35.8 Å². The van der Waals surface area contributed by atoms with E-state index in [0.717, 1.165) is 10.9 Å². The SMILES string of the molecule is CCC(C)C(=O)CS(=O)c1cccc(Br)c1. The highest BCUT2D eigenvalue weighted by molar-refractivity contribution is 9.10. The monoisotopic (exact) mass is 302 g/mol. The molecule has 0 aliphatic rings. The fraction of sp³-hybridized carbons (Fsp3) is 0.417. The van der Waals surface area contributed by atoms with Gasteiger partial charge in [-0.15, -0.1) is 0 Å². The van der Waals surface area contributed by atoms with Crippen LogP contribution in [0.1, 0.15) is 20.3 Å². The maximum atomic E-state index is 11.9. The Hall–Kier alpha value is -0.480. The van der Waals surface area contributed by atoms with Crippen molar-refractivity contribution in [3.8, 4) is 0 Å². The number of carbonyl (C=O) groups is 1. The normalized spacial score (nSPS) is 14.4. The second kappa shape index (κ2) is 6.30. The van der Waals surface area contributed by atoms with Crippen LogP contribution in [0.15, 0.2) is 33.6 Å². The average molecular weight is 303 g/mol. The number of hydrogen-bond donors (Lipinski definition) is 0. The lowest BCUT2D eigenvalue weighted by Crippen LogP contribution is -2.18. The van der Waals surface area contributed by atoms with E-state index in [1.165, 1.54) is 0 Å². The number of carbonyl (C=O) groups excluding carboxylic acids is 1. The standard InChI is InChI=1S/C12H15BrO2S/c1-3-9(2)12(14)8-16(15)11-6-4-5-10(13)7-11/h4-7,9H,3,8H2,1-2H3. The minimum atomic E-state index is -1.23. The van der Waals surface area contributed by atoms with Crippen LogP contribution in [-0.4, -0.2) is 15.7 Å². The molecular formula is C12H15BrO2S. The van der Waals surface area contributed by atoms with Crippen molar-refractivity contribution in [1.29, 1.82) is 0 Å². The molecule has 0 spiro atoms. The maximum absolute atomic E-state index is 11.9. The Morgan fingerprint density at radius 2 is 2.19 bits per heavy atom. The second-order valence-electron chi connectivity index (χ2n) is 3.72. The molecule has 16 heavy (non-hydrogen) atoms. The number of hydrogen-bond acceptors (Lipinski definition) is 2. The van der Waals surface area contributed by atoms with Crippen LogP contribution in [-0.2, 0) is 15.6 Å². The zero-order chi connectivity index (χ0) is 12.1. The highest BCUT2D eigenvalue weighted by atomic mass is 79.9. The molecule has 2 unspecified atom stereocenters. The molecule has 0 fully saturated rings. The number of ketones is 1. The predicted molar refractivity (Wildman–Crippen MR) is 69.9 cm³/mol. The van der Waals surface area contributed by atoms with Gasteiger partial charge in [-0.05, 0) is 24.6 Å². The average Bonchev–Trinajstić information content (AvgIpc) is 2.27. The highest BCUT2D eigenvalue weighted by Gasteiger charge is 2.15. The Morgan fingerprint density at radius 3 is 2.75 bits per heavy atom. The molecule has 0 saturated heterocycles. The number of halogens is 1. The van der Waals surface area contributed by atoms with Gasteiger partial charge in [-0.3, -0.25) is 9.00 Å². The topological polar surface area (TPSA) is 34.1 Å². The first kappa shape index (κ1) is 13.6. The molecule has 0 saturated carbocycles. The van der Waals surface area contributed by atoms with Gasteiger partial charge in [0, 0.05) is 15.3 Å². The third kappa shape index (κ3) is 3.83. The van der Waals surface area contributed by atoms with Crippen LogP contribution in [0.4, 0.5) is 0 Å². The van der Waals surface area contributed by atoms with Crippen molar-refractivity contribution >= 4 is 32.5 Å². The van der Waals surface area contributed by atoms with Crippen LogP contribution in [0.5, 0.6) is 0 Å². The molecule has 2 nitrogen and oxygen atoms in total. The molecule has 4 heteroatoms. The first-order valence-electron chi connectivity index (χ1n) is 5.21. The van der Waals surface area contributed by atoms with Crippen molar-refractivity contribution in [2.24, 2.45) is 5.92 Å². The molecule has 1 rings (SSSR count). The van der Waals surface area contributed by atoms with Crippen LogP contribution in [0.25, 0.3) is 0 Å². The summed E-state index contributed by atoms with van der Waals surface area (Å²) in [6, 6.07) is 7.27. The van der Waals surface area contributed by atoms with Crippen molar-refractivity contribution < 1.29 is 9.00 Å². The molecule has 1 aromatic carbocycles. The van der Waals surface area contributed by atoms with E-state index in [4.69, 9.17) is 0 Å². The molecule has 0 aliphatic carbocycles. The lowest BCUT2D eigenvalue weighted by atomic mass is 10.1. The largest absolute Gasteiger partial charge is 0.298 e. The van der Waals surface area contributed by atoms with Crippen molar-refractivity contribution in [3.05, 3.63) is 28.7 Å². The number of Topliss-reactive ketones (excluding diaryl/α,β-unsaturated/α-hetero) is 1. The van der Waals surface area contributed by atoms with Gasteiger partial charge in [0.2, 0.25) is 0 Å². The summed E-state index contributed by atoms with van der Waals surface area (Å²) in [4.78, 5) is 12.3. The summed E-state index contributed by atoms with van der Waals surface area (Å²) in [6.07, 6.45) is 0.800. The van der Waals surface area contributed by atoms with E-state index in [0.29, 0.717) is 4.90 Å². The fourth-order valence-electron chi connectivity index (χ4n) is 1.19. The lowest BCUT2D eigenvalue weighted by molar-refractivity contribution is -0.119. The van der Waals surface area contributed by atoms with Gasteiger partial charge in [0.05, 0.1) is 16.6 Å². The summed E-state index contributed by atoms with van der Waals surface area (Å²) >= 11 is 3.32. The van der Waals surface area contributed by atoms with Crippen molar-refractivity contribution in [1.82, 2.24) is 0 Å². The van der Waals surface area contributed by atoms with Gasteiger partial charge in [-0.2, -0.15) is 0 Å². The molecule has 0 amide bonds. The van der Waals surface area contributed by atoms with E-state index < -0.39 is 10.8 Å². The van der Waals surface area contributed by atoms with Crippen molar-refractivity contribution in [3.63, 3.8) is 0 Å². The van der Waals surface area contributed by atoms with Crippen molar-refractivity contribution in [2.75, 3.05) is 5.75 Å². The first-order chi connectivity index (χ1) is 7.54. The molecule has 1 aromatic rings. The summed E-state index contributed by atoms with van der Waals surface area (Å²) in [5.74, 6) is 0.183. The molecule has 0 aromatic heterocycles. The summed E-state index contributed by atoms with van der Waals surface area (Å²) in [7, 11) is -1.23. The Balaban J connectivity index is 2.69. The smallest absolute Gasteiger partial charge is 0.148 e. The van der Waals surface area contributed by atoms with Crippen LogP contribution >= 0.6 is 15.9 Å². The van der Waals surface area contributed by atoms with Crippen molar-refractivity contribution in [2.45, 2.75) is 25.2 Å². The van der Waals surface area contributed by atoms with Crippen LogP contribution < -0.4 is 0 Å². The second-order valence-corrected chi connectivity index (χ2v) is 6.09. The fourth-order valence-corrected chi connectivity index (χ4v) is 2.94. The van der Waals surface area contributed by atoms with Gasteiger partial charge < -0.3 is 0 Å². The van der Waals surface area contributed by atoms with E-state index in [1.54, 1.807) is 12.1 Å². The van der Waals surface area contributed by atoms with Crippen LogP contribution in [0, 0.1) is 5.92 Å². The van der Waals surface area contributed by atoms with E-state index in [2.05, 4.69) is 15.9 Å². The molecule has 0 bridgehead atoms. The molecule has 0 aliphatic heterocycles. The molecule has 0 heterocycles. The van der Waals surface area contributed by atoms with E-state index >= 15 is 0 Å². The zero-order valence-electron chi connectivity index (χ0n) is 9.40. The number of benzene rings is 1. The Kier molecular flexibility index (Phi) is 5.35. The quantitative estimate of drug-likeness (QED) is 0.837. The molecule has 88 valence electrons. The first-order valence-corrected chi connectivity index (χ1v) is 7.32. The summed E-state index contributed by atoms with van der Waals surface area (Å²) < 4.78 is 12.8. The van der Waals surface area contributed by atoms with Gasteiger partial charge in [-0.25, -0.2) is 0 Å². The Morgan fingerprint density at radius 1 is 1.50 bits per heavy atom. The van der Waals surface area contributed by atoms with Gasteiger partial charge in [0.25, 0.3) is 0 Å². The summed E-state index contributed by atoms with van der Waals surface area (Å²) in [5, 5.41) is 0. The molecule has 0 N–H and O–H groups in total. The van der Waals surface area contributed by atoms with Crippen LogP contribution in [0.3, 0.4) is 0 Å². The minimum Gasteiger partial charge on any atom is -0.298 e. The zero-order valence-corrected chi connectivity index (χ0v) is 11.8. The number of rotatable bonds is 5. The van der Waals surface area contributed by atoms with Gasteiger partial charge in [0.15, 0.2) is 0 Å². The van der Waals surface area contributed by atoms with Crippen LogP contribution in [0.2, 0.25) is 0 Å². The summed E-state index contributed by atoms with van der Waals surface area (Å²) in [6.45, 7) is 3.84. The third-order valence-corrected chi connectivity index (χ3v) is 4.31. The molecule has 2 atom stereocenters. The highest BCUT2D eigenvalue weighted by Crippen LogP contribution is 2.16. The Bertz CT molecular complexity index is 404.